The number of benzene rings is 1. The van der Waals surface area contributed by atoms with E-state index in [1.807, 2.05) is 0 Å². The fraction of sp³-hybridized carbons (Fsp3) is 0.636. The molecule has 0 saturated heterocycles. The maximum atomic E-state index is 11.9. The van der Waals surface area contributed by atoms with Crippen LogP contribution in [0.25, 0.3) is 0 Å². The highest BCUT2D eigenvalue weighted by atomic mass is 16.6. The van der Waals surface area contributed by atoms with Crippen molar-refractivity contribution >= 4 is 11.9 Å². The molecule has 0 heterocycles. The van der Waals surface area contributed by atoms with Crippen LogP contribution in [0.3, 0.4) is 0 Å². The van der Waals surface area contributed by atoms with Gasteiger partial charge in [0.05, 0.1) is 12.2 Å². The molecule has 0 radical (unpaired) electrons. The van der Waals surface area contributed by atoms with Gasteiger partial charge in [0.2, 0.25) is 0 Å². The van der Waals surface area contributed by atoms with E-state index in [-0.39, 0.29) is 19.2 Å². The number of hydrogen-bond acceptors (Lipinski definition) is 5. The van der Waals surface area contributed by atoms with Crippen LogP contribution >= 0.6 is 0 Å². The number of carbonyl (C=O) groups excluding carboxylic acids is 2. The Morgan fingerprint density at radius 1 is 0.926 bits per heavy atom. The van der Waals surface area contributed by atoms with Gasteiger partial charge >= 0.3 is 11.9 Å². The van der Waals surface area contributed by atoms with Crippen molar-refractivity contribution in [1.82, 2.24) is 0 Å². The van der Waals surface area contributed by atoms with Crippen molar-refractivity contribution < 1.29 is 24.2 Å². The zero-order valence-electron chi connectivity index (χ0n) is 16.5. The molecule has 0 saturated carbocycles. The highest BCUT2D eigenvalue weighted by Gasteiger charge is 2.17. The van der Waals surface area contributed by atoms with Crippen LogP contribution < -0.4 is 0 Å². The second kappa shape index (κ2) is 15.2. The van der Waals surface area contributed by atoms with Gasteiger partial charge in [0, 0.05) is 6.42 Å². The Balaban J connectivity index is 2.09. The molecule has 1 aromatic carbocycles. The summed E-state index contributed by atoms with van der Waals surface area (Å²) in [6.45, 7) is 1.71. The van der Waals surface area contributed by atoms with Crippen LogP contribution in [0.15, 0.2) is 30.3 Å². The van der Waals surface area contributed by atoms with Gasteiger partial charge < -0.3 is 14.6 Å². The van der Waals surface area contributed by atoms with E-state index in [1.54, 1.807) is 30.3 Å². The molecule has 1 aromatic rings. The number of aliphatic hydroxyl groups excluding tert-OH is 1. The van der Waals surface area contributed by atoms with Gasteiger partial charge in [-0.05, 0) is 18.6 Å². The largest absolute Gasteiger partial charge is 0.462 e. The molecule has 0 amide bonds. The van der Waals surface area contributed by atoms with E-state index < -0.39 is 12.1 Å². The highest BCUT2D eigenvalue weighted by Crippen LogP contribution is 2.11. The molecule has 1 N–H and O–H groups in total. The third-order valence-electron chi connectivity index (χ3n) is 4.40. The summed E-state index contributed by atoms with van der Waals surface area (Å²) in [5, 5.41) is 9.32. The smallest absolute Gasteiger partial charge is 0.338 e. The fourth-order valence-corrected chi connectivity index (χ4v) is 2.76. The molecule has 0 fully saturated rings. The van der Waals surface area contributed by atoms with Crippen LogP contribution in [0, 0.1) is 0 Å². The molecule has 1 rings (SSSR count). The first-order valence-corrected chi connectivity index (χ1v) is 10.2. The third-order valence-corrected chi connectivity index (χ3v) is 4.40. The monoisotopic (exact) mass is 378 g/mol. The summed E-state index contributed by atoms with van der Waals surface area (Å²) in [5.41, 5.74) is 0.400. The van der Waals surface area contributed by atoms with Crippen molar-refractivity contribution in [3.63, 3.8) is 0 Å². The molecule has 0 aliphatic rings. The van der Waals surface area contributed by atoms with Crippen LogP contribution in [-0.4, -0.2) is 36.4 Å². The van der Waals surface area contributed by atoms with E-state index in [1.165, 1.54) is 38.5 Å². The third kappa shape index (κ3) is 11.4. The summed E-state index contributed by atoms with van der Waals surface area (Å²) >= 11 is 0. The van der Waals surface area contributed by atoms with Gasteiger partial charge in [0.25, 0.3) is 0 Å². The number of ether oxygens (including phenoxy) is 2. The standard InChI is InChI=1S/C22H34O5/c1-2-3-4-5-6-7-8-9-13-16-21(24)26-18-20(17-23)27-22(25)19-14-11-10-12-15-19/h10-12,14-15,20,23H,2-9,13,16-18H2,1H3. The molecule has 1 unspecified atom stereocenters. The van der Waals surface area contributed by atoms with Crippen molar-refractivity contribution in [2.75, 3.05) is 13.2 Å². The molecule has 152 valence electrons. The summed E-state index contributed by atoms with van der Waals surface area (Å²) < 4.78 is 10.3. The number of unbranched alkanes of at least 4 members (excludes halogenated alkanes) is 8. The number of rotatable bonds is 15. The molecule has 0 aliphatic heterocycles. The minimum atomic E-state index is -0.843. The second-order valence-corrected chi connectivity index (χ2v) is 6.84. The van der Waals surface area contributed by atoms with Crippen molar-refractivity contribution in [1.29, 1.82) is 0 Å². The SMILES string of the molecule is CCCCCCCCCCCC(=O)OCC(CO)OC(=O)c1ccccc1. The predicted molar refractivity (Wildman–Crippen MR) is 106 cm³/mol. The number of hydrogen-bond donors (Lipinski definition) is 1. The molecule has 0 aliphatic carbocycles. The van der Waals surface area contributed by atoms with E-state index in [9.17, 15) is 14.7 Å². The Kier molecular flexibility index (Phi) is 13.0. The van der Waals surface area contributed by atoms with Gasteiger partial charge in [-0.1, -0.05) is 76.5 Å². The van der Waals surface area contributed by atoms with Crippen molar-refractivity contribution in [2.24, 2.45) is 0 Å². The number of carbonyl (C=O) groups is 2. The lowest BCUT2D eigenvalue weighted by atomic mass is 10.1. The van der Waals surface area contributed by atoms with Crippen LogP contribution in [0.1, 0.15) is 81.5 Å². The van der Waals surface area contributed by atoms with E-state index in [0.29, 0.717) is 12.0 Å². The average Bonchev–Trinajstić information content (AvgIpc) is 2.70. The van der Waals surface area contributed by atoms with Crippen LogP contribution in [0.5, 0.6) is 0 Å². The van der Waals surface area contributed by atoms with Gasteiger partial charge in [-0.2, -0.15) is 0 Å². The van der Waals surface area contributed by atoms with Gasteiger partial charge in [-0.15, -0.1) is 0 Å². The Morgan fingerprint density at radius 2 is 1.52 bits per heavy atom. The van der Waals surface area contributed by atoms with Crippen LogP contribution in [0.4, 0.5) is 0 Å². The minimum Gasteiger partial charge on any atom is -0.462 e. The highest BCUT2D eigenvalue weighted by molar-refractivity contribution is 5.89. The van der Waals surface area contributed by atoms with Crippen molar-refractivity contribution in [3.05, 3.63) is 35.9 Å². The molecule has 0 spiro atoms. The van der Waals surface area contributed by atoms with E-state index in [4.69, 9.17) is 9.47 Å². The van der Waals surface area contributed by atoms with Crippen LogP contribution in [-0.2, 0) is 14.3 Å². The molecule has 5 heteroatoms. The van der Waals surface area contributed by atoms with Crippen molar-refractivity contribution in [3.8, 4) is 0 Å². The lowest BCUT2D eigenvalue weighted by Crippen LogP contribution is -2.28. The molecule has 1 atom stereocenters. The van der Waals surface area contributed by atoms with Gasteiger partial charge in [-0.3, -0.25) is 4.79 Å². The summed E-state index contributed by atoms with van der Waals surface area (Å²) in [6.07, 6.45) is 10.2. The molecular formula is C22H34O5. The molecular weight excluding hydrogens is 344 g/mol. The second-order valence-electron chi connectivity index (χ2n) is 6.84. The number of esters is 2. The lowest BCUT2D eigenvalue weighted by Gasteiger charge is -2.15. The predicted octanol–water partition coefficient (Wildman–Crippen LogP) is 4.67. The lowest BCUT2D eigenvalue weighted by molar-refractivity contribution is -0.147. The summed E-state index contributed by atoms with van der Waals surface area (Å²) in [4.78, 5) is 23.7. The van der Waals surface area contributed by atoms with E-state index in [0.717, 1.165) is 19.3 Å². The van der Waals surface area contributed by atoms with Gasteiger partial charge in [0.15, 0.2) is 6.10 Å². The topological polar surface area (TPSA) is 72.8 Å². The molecule has 27 heavy (non-hydrogen) atoms. The van der Waals surface area contributed by atoms with E-state index in [2.05, 4.69) is 6.92 Å². The Bertz CT molecular complexity index is 515. The molecule has 0 bridgehead atoms. The van der Waals surface area contributed by atoms with Gasteiger partial charge in [-0.25, -0.2) is 4.79 Å². The minimum absolute atomic E-state index is 0.120. The zero-order chi connectivity index (χ0) is 19.7. The Labute approximate surface area is 163 Å². The van der Waals surface area contributed by atoms with E-state index >= 15 is 0 Å². The Morgan fingerprint density at radius 3 is 2.11 bits per heavy atom. The molecule has 5 nitrogen and oxygen atoms in total. The molecule has 0 aromatic heterocycles. The van der Waals surface area contributed by atoms with Crippen LogP contribution in [0.2, 0.25) is 0 Å². The van der Waals surface area contributed by atoms with Crippen molar-refractivity contribution in [2.45, 2.75) is 77.2 Å². The van der Waals surface area contributed by atoms with Gasteiger partial charge in [0.1, 0.15) is 6.61 Å². The fourth-order valence-electron chi connectivity index (χ4n) is 2.76. The maximum Gasteiger partial charge on any atom is 0.338 e. The first-order chi connectivity index (χ1) is 13.2. The Hall–Kier alpha value is -1.88. The summed E-state index contributed by atoms with van der Waals surface area (Å²) in [6, 6.07) is 8.53. The number of aliphatic hydroxyl groups is 1. The first-order valence-electron chi connectivity index (χ1n) is 10.2. The normalized spacial score (nSPS) is 11.8. The summed E-state index contributed by atoms with van der Waals surface area (Å²) in [5.74, 6) is -0.850. The average molecular weight is 379 g/mol. The zero-order valence-corrected chi connectivity index (χ0v) is 16.5. The quantitative estimate of drug-likeness (QED) is 0.355. The summed E-state index contributed by atoms with van der Waals surface area (Å²) in [7, 11) is 0. The maximum absolute atomic E-state index is 11.9. The first kappa shape index (κ1) is 23.2.